The van der Waals surface area contributed by atoms with Gasteiger partial charge in [0.15, 0.2) is 0 Å². The van der Waals surface area contributed by atoms with E-state index in [0.717, 1.165) is 37.7 Å². The Balaban J connectivity index is 2.25. The highest BCUT2D eigenvalue weighted by Gasteiger charge is 2.34. The Morgan fingerprint density at radius 2 is 1.45 bits per heavy atom. The van der Waals surface area contributed by atoms with E-state index in [1.165, 1.54) is 0 Å². The fourth-order valence-electron chi connectivity index (χ4n) is 5.29. The van der Waals surface area contributed by atoms with Gasteiger partial charge in [0.2, 0.25) is 23.4 Å². The molecule has 9 nitrogen and oxygen atoms in total. The number of alkyl carbamates (subject to hydrolysis) is 1. The number of carbonyl (C=O) groups is 5. The van der Waals surface area contributed by atoms with Crippen molar-refractivity contribution in [2.24, 2.45) is 11.8 Å². The second kappa shape index (κ2) is 17.0. The van der Waals surface area contributed by atoms with E-state index < -0.39 is 53.2 Å². The van der Waals surface area contributed by atoms with Gasteiger partial charge in [-0.3, -0.25) is 19.2 Å². The molecular formula is C33H51N3O6. The predicted octanol–water partition coefficient (Wildman–Crippen LogP) is 5.05. The van der Waals surface area contributed by atoms with E-state index in [-0.39, 0.29) is 24.7 Å². The van der Waals surface area contributed by atoms with Crippen molar-refractivity contribution in [3.8, 4) is 0 Å². The van der Waals surface area contributed by atoms with Crippen LogP contribution in [0, 0.1) is 11.8 Å². The van der Waals surface area contributed by atoms with Crippen molar-refractivity contribution < 1.29 is 28.7 Å². The van der Waals surface area contributed by atoms with Crippen LogP contribution in [0.5, 0.6) is 0 Å². The molecule has 1 saturated carbocycles. The van der Waals surface area contributed by atoms with Crippen LogP contribution < -0.4 is 16.0 Å². The van der Waals surface area contributed by atoms with E-state index in [0.29, 0.717) is 19.3 Å². The summed E-state index contributed by atoms with van der Waals surface area (Å²) in [5, 5.41) is 8.32. The molecule has 1 aliphatic rings. The van der Waals surface area contributed by atoms with Gasteiger partial charge in [0.05, 0.1) is 6.04 Å². The third-order valence-corrected chi connectivity index (χ3v) is 7.31. The summed E-state index contributed by atoms with van der Waals surface area (Å²) in [6.07, 6.45) is 6.09. The molecule has 2 rings (SSSR count). The van der Waals surface area contributed by atoms with Crippen LogP contribution in [0.1, 0.15) is 105 Å². The Labute approximate surface area is 251 Å². The molecule has 0 bridgehead atoms. The number of rotatable bonds is 15. The fraction of sp³-hybridized carbons (Fsp3) is 0.667. The average molecular weight is 586 g/mol. The van der Waals surface area contributed by atoms with Crippen molar-refractivity contribution in [1.82, 2.24) is 16.0 Å². The zero-order chi connectivity index (χ0) is 31.3. The molecule has 42 heavy (non-hydrogen) atoms. The van der Waals surface area contributed by atoms with E-state index in [1.807, 2.05) is 51.1 Å². The number of hydrogen-bond acceptors (Lipinski definition) is 6. The molecule has 3 N–H and O–H groups in total. The summed E-state index contributed by atoms with van der Waals surface area (Å²) < 4.78 is 5.39. The van der Waals surface area contributed by atoms with Crippen molar-refractivity contribution >= 4 is 29.5 Å². The zero-order valence-electron chi connectivity index (χ0n) is 26.3. The molecular weight excluding hydrogens is 534 g/mol. The third kappa shape index (κ3) is 12.7. The number of Topliss-reactive ketones (excluding diaryl/α,β-unsaturated/α-hetero) is 2. The number of amides is 3. The van der Waals surface area contributed by atoms with Crippen LogP contribution in [-0.4, -0.2) is 53.2 Å². The molecule has 0 heterocycles. The van der Waals surface area contributed by atoms with Gasteiger partial charge >= 0.3 is 6.09 Å². The number of benzene rings is 1. The smallest absolute Gasteiger partial charge is 0.408 e. The first-order valence-corrected chi connectivity index (χ1v) is 15.5. The number of ether oxygens (including phenoxy) is 1. The second-order valence-electron chi connectivity index (χ2n) is 12.9. The summed E-state index contributed by atoms with van der Waals surface area (Å²) in [5.74, 6) is -1.80. The van der Waals surface area contributed by atoms with Gasteiger partial charge in [-0.15, -0.1) is 0 Å². The van der Waals surface area contributed by atoms with Crippen molar-refractivity contribution in [3.05, 3.63) is 35.9 Å². The van der Waals surface area contributed by atoms with Crippen molar-refractivity contribution in [1.29, 1.82) is 0 Å². The van der Waals surface area contributed by atoms with Gasteiger partial charge < -0.3 is 20.7 Å². The monoisotopic (exact) mass is 585 g/mol. The molecule has 0 saturated heterocycles. The quantitative estimate of drug-likeness (QED) is 0.247. The molecule has 1 aliphatic carbocycles. The molecule has 3 atom stereocenters. The van der Waals surface area contributed by atoms with Gasteiger partial charge in [-0.25, -0.2) is 4.79 Å². The number of carbonyl (C=O) groups excluding carboxylic acids is 5. The molecule has 234 valence electrons. The van der Waals surface area contributed by atoms with E-state index in [2.05, 4.69) is 16.0 Å². The summed E-state index contributed by atoms with van der Waals surface area (Å²) in [6.45, 7) is 10.9. The Kier molecular flexibility index (Phi) is 14.2. The Morgan fingerprint density at radius 1 is 0.857 bits per heavy atom. The maximum atomic E-state index is 13.6. The van der Waals surface area contributed by atoms with Crippen LogP contribution >= 0.6 is 0 Å². The normalized spacial score (nSPS) is 16.2. The van der Waals surface area contributed by atoms with Crippen LogP contribution in [0.15, 0.2) is 30.3 Å². The molecule has 0 aliphatic heterocycles. The molecule has 3 amide bonds. The van der Waals surface area contributed by atoms with Crippen LogP contribution in [0.2, 0.25) is 0 Å². The van der Waals surface area contributed by atoms with E-state index >= 15 is 0 Å². The lowest BCUT2D eigenvalue weighted by atomic mass is 9.83. The summed E-state index contributed by atoms with van der Waals surface area (Å²) in [4.78, 5) is 65.6. The van der Waals surface area contributed by atoms with Crippen LogP contribution in [0.25, 0.3) is 0 Å². The van der Waals surface area contributed by atoms with Gasteiger partial charge in [0.1, 0.15) is 17.7 Å². The predicted molar refractivity (Wildman–Crippen MR) is 163 cm³/mol. The molecule has 1 aromatic rings. The highest BCUT2D eigenvalue weighted by atomic mass is 16.6. The maximum absolute atomic E-state index is 13.6. The van der Waals surface area contributed by atoms with Crippen LogP contribution in [-0.2, 0) is 30.3 Å². The molecule has 1 aromatic carbocycles. The lowest BCUT2D eigenvalue weighted by Gasteiger charge is -2.29. The standard InChI is InChI=1S/C33H51N3O6/c1-7-14-28(37)29(38)25(20-23-15-10-8-11-16-23)34-30(39)26(19-22(2)3)35-31(40)27(21-24-17-12-9-13-18-24)36-32(41)42-33(4,5)6/h9,12-13,17-18,22-23,25-27H,7-8,10-11,14-16,19-21H2,1-6H3,(H,34,39)(H,35,40)(H,36,41)/t25?,26-,27-/m0/s1. The minimum absolute atomic E-state index is 0.0432. The van der Waals surface area contributed by atoms with Crippen LogP contribution in [0.4, 0.5) is 4.79 Å². The summed E-state index contributed by atoms with van der Waals surface area (Å²) in [6, 6.07) is 6.36. The first-order chi connectivity index (χ1) is 19.8. The van der Waals surface area contributed by atoms with E-state index in [9.17, 15) is 24.0 Å². The minimum atomic E-state index is -1.00. The van der Waals surface area contributed by atoms with Crippen LogP contribution in [0.3, 0.4) is 0 Å². The summed E-state index contributed by atoms with van der Waals surface area (Å²) in [7, 11) is 0. The largest absolute Gasteiger partial charge is 0.444 e. The van der Waals surface area contributed by atoms with E-state index in [1.54, 1.807) is 20.8 Å². The Bertz CT molecular complexity index is 1040. The highest BCUT2D eigenvalue weighted by molar-refractivity contribution is 6.39. The topological polar surface area (TPSA) is 131 Å². The first-order valence-electron chi connectivity index (χ1n) is 15.5. The van der Waals surface area contributed by atoms with Crippen molar-refractivity contribution in [3.63, 3.8) is 0 Å². The van der Waals surface area contributed by atoms with E-state index in [4.69, 9.17) is 4.74 Å². The third-order valence-electron chi connectivity index (χ3n) is 7.31. The van der Waals surface area contributed by atoms with Gasteiger partial charge in [-0.2, -0.15) is 0 Å². The molecule has 0 aromatic heterocycles. The minimum Gasteiger partial charge on any atom is -0.444 e. The van der Waals surface area contributed by atoms with Gasteiger partial charge in [-0.1, -0.05) is 83.2 Å². The van der Waals surface area contributed by atoms with Crippen molar-refractivity contribution in [2.45, 2.75) is 129 Å². The van der Waals surface area contributed by atoms with Gasteiger partial charge in [-0.05, 0) is 57.4 Å². The summed E-state index contributed by atoms with van der Waals surface area (Å²) in [5.41, 5.74) is 0.0682. The van der Waals surface area contributed by atoms with Gasteiger partial charge in [0, 0.05) is 12.8 Å². The molecule has 1 unspecified atom stereocenters. The maximum Gasteiger partial charge on any atom is 0.408 e. The van der Waals surface area contributed by atoms with Crippen molar-refractivity contribution in [2.75, 3.05) is 0 Å². The Hall–Kier alpha value is -3.23. The number of nitrogens with one attached hydrogen (secondary N) is 3. The lowest BCUT2D eigenvalue weighted by molar-refractivity contribution is -0.139. The summed E-state index contributed by atoms with van der Waals surface area (Å²) >= 11 is 0. The Morgan fingerprint density at radius 3 is 2.02 bits per heavy atom. The second-order valence-corrected chi connectivity index (χ2v) is 12.9. The molecule has 0 spiro atoms. The molecule has 0 radical (unpaired) electrons. The highest BCUT2D eigenvalue weighted by Crippen LogP contribution is 2.28. The zero-order valence-corrected chi connectivity index (χ0v) is 26.3. The number of hydrogen-bond donors (Lipinski definition) is 3. The first kappa shape index (κ1) is 35.0. The molecule has 9 heteroatoms. The average Bonchev–Trinajstić information content (AvgIpc) is 2.91. The van der Waals surface area contributed by atoms with Gasteiger partial charge in [0.25, 0.3) is 0 Å². The SMILES string of the molecule is CCCC(=O)C(=O)C(CC1CCCCC1)NC(=O)[C@H](CC(C)C)NC(=O)[C@H](Cc1ccccc1)NC(=O)OC(C)(C)C. The fourth-order valence-corrected chi connectivity index (χ4v) is 5.29. The molecule has 1 fully saturated rings. The lowest BCUT2D eigenvalue weighted by Crippen LogP contribution is -2.57. The number of ketones is 2.